The summed E-state index contributed by atoms with van der Waals surface area (Å²) < 4.78 is 0. The number of benzene rings is 1. The van der Waals surface area contributed by atoms with Crippen molar-refractivity contribution in [2.24, 2.45) is 0 Å². The van der Waals surface area contributed by atoms with Crippen LogP contribution in [-0.2, 0) is 24.6 Å². The first-order chi connectivity index (χ1) is 21.9. The number of hydrogen-bond donors (Lipinski definition) is 2. The molecular weight excluding hydrogens is 608 g/mol. The third kappa shape index (κ3) is 30.0. The highest BCUT2D eigenvalue weighted by atomic mass is 32.9. The maximum Gasteiger partial charge on any atom is 0.246 e. The third-order valence-corrected chi connectivity index (χ3v) is 12.1. The predicted octanol–water partition coefficient (Wildman–Crippen LogP) is 14.8. The van der Waals surface area contributed by atoms with Gasteiger partial charge in [0.2, 0.25) is 5.69 Å². The molecule has 0 amide bonds. The second kappa shape index (κ2) is 31.4. The predicted molar refractivity (Wildman–Crippen MR) is 208 cm³/mol. The van der Waals surface area contributed by atoms with Crippen LogP contribution in [0.2, 0.25) is 0 Å². The fraction of sp³-hybridized carbons (Fsp3) is 0.850. The number of aryl methyl sites for hydroxylation is 2. The Labute approximate surface area is 291 Å². The highest BCUT2D eigenvalue weighted by Gasteiger charge is 2.12. The second-order valence-electron chi connectivity index (χ2n) is 14.0. The Morgan fingerprint density at radius 3 is 0.911 bits per heavy atom. The SMILES string of the molecule is CCCCCCCCCCCCCCCCCc1cc(CCCCCCCCCCCCCCCCC)cc(SP(O)(O)=S)c1. The molecule has 0 heterocycles. The van der Waals surface area contributed by atoms with Crippen LogP contribution < -0.4 is 0 Å². The Morgan fingerprint density at radius 2 is 0.667 bits per heavy atom. The molecule has 0 saturated heterocycles. The van der Waals surface area contributed by atoms with Crippen LogP contribution in [0, 0.1) is 0 Å². The summed E-state index contributed by atoms with van der Waals surface area (Å²) in [6, 6.07) is 6.67. The first-order valence-electron chi connectivity index (χ1n) is 19.8. The van der Waals surface area contributed by atoms with Crippen LogP contribution >= 0.6 is 17.1 Å². The van der Waals surface area contributed by atoms with Crippen molar-refractivity contribution in [3.05, 3.63) is 29.3 Å². The van der Waals surface area contributed by atoms with Gasteiger partial charge in [0.05, 0.1) is 0 Å². The van der Waals surface area contributed by atoms with E-state index in [4.69, 9.17) is 11.8 Å². The van der Waals surface area contributed by atoms with E-state index in [1.54, 1.807) is 0 Å². The van der Waals surface area contributed by atoms with Crippen LogP contribution in [0.3, 0.4) is 0 Å². The molecule has 5 heteroatoms. The lowest BCUT2D eigenvalue weighted by molar-refractivity contribution is 0.502. The summed E-state index contributed by atoms with van der Waals surface area (Å²) in [5, 5.41) is 0. The number of rotatable bonds is 34. The van der Waals surface area contributed by atoms with E-state index in [2.05, 4.69) is 32.0 Å². The quantitative estimate of drug-likeness (QED) is 0.0561. The van der Waals surface area contributed by atoms with Gasteiger partial charge in [-0.25, -0.2) is 0 Å². The Morgan fingerprint density at radius 1 is 0.422 bits per heavy atom. The molecule has 0 aliphatic carbocycles. The summed E-state index contributed by atoms with van der Waals surface area (Å²) in [5.41, 5.74) is -0.620. The molecule has 1 rings (SSSR count). The molecule has 0 fully saturated rings. The molecule has 0 bridgehead atoms. The summed E-state index contributed by atoms with van der Waals surface area (Å²) in [6.45, 7) is 4.58. The van der Waals surface area contributed by atoms with Crippen molar-refractivity contribution in [3.8, 4) is 0 Å². The lowest BCUT2D eigenvalue weighted by Crippen LogP contribution is -1.93. The van der Waals surface area contributed by atoms with E-state index in [1.807, 2.05) is 0 Å². The molecule has 0 spiro atoms. The molecule has 2 N–H and O–H groups in total. The summed E-state index contributed by atoms with van der Waals surface area (Å²) in [6.07, 6.45) is 43.8. The van der Waals surface area contributed by atoms with Crippen molar-refractivity contribution in [2.75, 3.05) is 0 Å². The first kappa shape index (κ1) is 43.2. The zero-order valence-corrected chi connectivity index (χ0v) is 32.5. The summed E-state index contributed by atoms with van der Waals surface area (Å²) in [4.78, 5) is 20.8. The van der Waals surface area contributed by atoms with Crippen molar-refractivity contribution in [1.29, 1.82) is 0 Å². The second-order valence-corrected chi connectivity index (χ2v) is 19.9. The van der Waals surface area contributed by atoms with Crippen molar-refractivity contribution in [1.82, 2.24) is 0 Å². The zero-order valence-electron chi connectivity index (χ0n) is 30.0. The molecule has 0 unspecified atom stereocenters. The minimum atomic E-state index is -3.30. The van der Waals surface area contributed by atoms with Gasteiger partial charge in [0, 0.05) is 4.90 Å². The standard InChI is InChI=1S/C40H75O2PS2/c1-3-5-7-9-11-13-15-17-19-21-23-25-27-29-31-33-38-35-39(37-40(36-38)45-43(41,42)44)34-32-30-28-26-24-22-20-18-16-14-12-10-8-6-4-2/h35-37H,3-34H2,1-2H3,(H2,41,42,44). The lowest BCUT2D eigenvalue weighted by Gasteiger charge is -2.12. The molecule has 0 aliphatic heterocycles. The Kier molecular flexibility index (Phi) is 30.1. The van der Waals surface area contributed by atoms with E-state index >= 15 is 0 Å². The lowest BCUT2D eigenvalue weighted by atomic mass is 9.99. The topological polar surface area (TPSA) is 40.5 Å². The van der Waals surface area contributed by atoms with Gasteiger partial charge in [0.25, 0.3) is 0 Å². The van der Waals surface area contributed by atoms with Gasteiger partial charge >= 0.3 is 0 Å². The van der Waals surface area contributed by atoms with Gasteiger partial charge in [-0.05, 0) is 72.1 Å². The summed E-state index contributed by atoms with van der Waals surface area (Å²) in [7, 11) is 0. The normalized spacial score (nSPS) is 11.9. The fourth-order valence-electron chi connectivity index (χ4n) is 6.61. The molecule has 1 aromatic carbocycles. The van der Waals surface area contributed by atoms with Gasteiger partial charge in [0.15, 0.2) is 0 Å². The first-order valence-corrected chi connectivity index (χ1v) is 24.0. The summed E-state index contributed by atoms with van der Waals surface area (Å²) >= 11 is 6.04. The Balaban J connectivity index is 2.15. The third-order valence-electron chi connectivity index (χ3n) is 9.39. The van der Waals surface area contributed by atoms with Gasteiger partial charge in [0.1, 0.15) is 0 Å². The minimum absolute atomic E-state index is 0.942. The van der Waals surface area contributed by atoms with Gasteiger partial charge in [-0.2, -0.15) is 0 Å². The van der Waals surface area contributed by atoms with Gasteiger partial charge in [-0.3, -0.25) is 0 Å². The molecular formula is C40H75O2PS2. The van der Waals surface area contributed by atoms with E-state index in [0.29, 0.717) is 0 Å². The van der Waals surface area contributed by atoms with Gasteiger partial charge < -0.3 is 9.79 Å². The maximum atomic E-state index is 9.93. The van der Waals surface area contributed by atoms with Gasteiger partial charge in [-0.1, -0.05) is 200 Å². The fourth-order valence-corrected chi connectivity index (χ4v) is 9.21. The highest BCUT2D eigenvalue weighted by Crippen LogP contribution is 2.55. The van der Waals surface area contributed by atoms with Crippen molar-refractivity contribution in [2.45, 2.75) is 224 Å². The highest BCUT2D eigenvalue weighted by molar-refractivity contribution is 8.67. The molecule has 0 atom stereocenters. The average Bonchev–Trinajstić information content (AvgIpc) is 3.00. The smallest absolute Gasteiger partial charge is 0.246 e. The van der Waals surface area contributed by atoms with E-state index in [1.165, 1.54) is 204 Å². The van der Waals surface area contributed by atoms with E-state index in [-0.39, 0.29) is 0 Å². The molecule has 0 saturated carbocycles. The van der Waals surface area contributed by atoms with Crippen LogP contribution in [0.5, 0.6) is 0 Å². The molecule has 1 aromatic rings. The van der Waals surface area contributed by atoms with Crippen LogP contribution in [-0.4, -0.2) is 9.79 Å². The Bertz CT molecular complexity index is 772. The minimum Gasteiger partial charge on any atom is -0.337 e. The van der Waals surface area contributed by atoms with Crippen LogP contribution in [0.1, 0.15) is 218 Å². The number of unbranched alkanes of at least 4 members (excludes halogenated alkanes) is 28. The molecule has 0 aromatic heterocycles. The monoisotopic (exact) mass is 682 g/mol. The van der Waals surface area contributed by atoms with Crippen LogP contribution in [0.25, 0.3) is 0 Å². The molecule has 264 valence electrons. The summed E-state index contributed by atoms with van der Waals surface area (Å²) in [5.74, 6) is 0. The van der Waals surface area contributed by atoms with Gasteiger partial charge in [-0.15, -0.1) is 0 Å². The van der Waals surface area contributed by atoms with Crippen molar-refractivity contribution < 1.29 is 9.79 Å². The van der Waals surface area contributed by atoms with E-state index in [0.717, 1.165) is 29.1 Å². The zero-order chi connectivity index (χ0) is 32.7. The average molecular weight is 683 g/mol. The van der Waals surface area contributed by atoms with Crippen molar-refractivity contribution >= 4 is 28.9 Å². The van der Waals surface area contributed by atoms with E-state index in [9.17, 15) is 9.79 Å². The van der Waals surface area contributed by atoms with Crippen LogP contribution in [0.15, 0.2) is 23.1 Å². The molecule has 0 aliphatic rings. The van der Waals surface area contributed by atoms with Crippen LogP contribution in [0.4, 0.5) is 0 Å². The molecule has 45 heavy (non-hydrogen) atoms. The van der Waals surface area contributed by atoms with E-state index < -0.39 is 5.69 Å². The largest absolute Gasteiger partial charge is 0.337 e. The molecule has 2 nitrogen and oxygen atoms in total. The maximum absolute atomic E-state index is 9.93. The number of hydrogen-bond acceptors (Lipinski definition) is 2. The Hall–Kier alpha value is 0.140. The molecule has 0 radical (unpaired) electrons. The van der Waals surface area contributed by atoms with Crippen molar-refractivity contribution in [3.63, 3.8) is 0 Å².